The average molecular weight is 745 g/mol. The third kappa shape index (κ3) is 44.9. The molecule has 0 aliphatic heterocycles. The number of allylic oxidation sites excluding steroid dienone is 6. The zero-order valence-corrected chi connectivity index (χ0v) is 35.8. The third-order valence-electron chi connectivity index (χ3n) is 10.4. The Kier molecular flexibility index (Phi) is 45.5. The molecule has 0 amide bonds. The third-order valence-corrected chi connectivity index (χ3v) is 10.4. The van der Waals surface area contributed by atoms with Crippen LogP contribution in [0.2, 0.25) is 0 Å². The Balaban J connectivity index is 3.40. The number of hydrogen-bond acceptors (Lipinski definition) is 4. The van der Waals surface area contributed by atoms with Gasteiger partial charge in [0.15, 0.2) is 0 Å². The molecule has 53 heavy (non-hydrogen) atoms. The fraction of sp³-hybridized carbons (Fsp3) is 0.857. The van der Waals surface area contributed by atoms with Gasteiger partial charge < -0.3 is 14.6 Å². The lowest BCUT2D eigenvalue weighted by Gasteiger charge is -2.16. The van der Waals surface area contributed by atoms with Crippen molar-refractivity contribution in [2.75, 3.05) is 19.8 Å². The number of carbonyl (C=O) groups is 1. The van der Waals surface area contributed by atoms with Crippen molar-refractivity contribution < 1.29 is 19.4 Å². The molecule has 0 bridgehead atoms. The van der Waals surface area contributed by atoms with Crippen molar-refractivity contribution in [1.82, 2.24) is 0 Å². The van der Waals surface area contributed by atoms with E-state index in [-0.39, 0.29) is 12.6 Å². The van der Waals surface area contributed by atoms with E-state index in [1.165, 1.54) is 199 Å². The molecule has 0 rings (SSSR count). The molecule has 0 radical (unpaired) electrons. The summed E-state index contributed by atoms with van der Waals surface area (Å²) in [6, 6.07) is 0. The minimum Gasteiger partial charge on any atom is -0.457 e. The highest BCUT2D eigenvalue weighted by atomic mass is 16.6. The van der Waals surface area contributed by atoms with Gasteiger partial charge in [0, 0.05) is 13.0 Å². The average Bonchev–Trinajstić information content (AvgIpc) is 3.16. The van der Waals surface area contributed by atoms with E-state index < -0.39 is 6.10 Å². The molecular weight excluding hydrogens is 653 g/mol. The van der Waals surface area contributed by atoms with Gasteiger partial charge in [-0.2, -0.15) is 0 Å². The second kappa shape index (κ2) is 46.8. The van der Waals surface area contributed by atoms with Crippen LogP contribution in [0.1, 0.15) is 245 Å². The number of carbonyl (C=O) groups excluding carboxylic acids is 1. The van der Waals surface area contributed by atoms with Gasteiger partial charge in [-0.15, -0.1) is 0 Å². The summed E-state index contributed by atoms with van der Waals surface area (Å²) in [6.07, 6.45) is 59.3. The van der Waals surface area contributed by atoms with Gasteiger partial charge in [-0.25, -0.2) is 0 Å². The molecule has 0 aliphatic rings. The van der Waals surface area contributed by atoms with E-state index in [0.29, 0.717) is 19.6 Å². The zero-order chi connectivity index (χ0) is 38.4. The fourth-order valence-corrected chi connectivity index (χ4v) is 6.88. The first kappa shape index (κ1) is 51.6. The molecule has 0 spiro atoms. The maximum absolute atomic E-state index is 12.2. The monoisotopic (exact) mass is 745 g/mol. The summed E-state index contributed by atoms with van der Waals surface area (Å²) >= 11 is 0. The molecule has 1 atom stereocenters. The Morgan fingerprint density at radius 3 is 1.23 bits per heavy atom. The molecule has 0 saturated carbocycles. The van der Waals surface area contributed by atoms with Gasteiger partial charge in [0.25, 0.3) is 0 Å². The first-order valence-electron chi connectivity index (χ1n) is 23.6. The summed E-state index contributed by atoms with van der Waals surface area (Å²) in [5, 5.41) is 9.63. The van der Waals surface area contributed by atoms with E-state index >= 15 is 0 Å². The highest BCUT2D eigenvalue weighted by Crippen LogP contribution is 2.15. The summed E-state index contributed by atoms with van der Waals surface area (Å²) in [5.74, 6) is -0.203. The van der Waals surface area contributed by atoms with Gasteiger partial charge in [0.05, 0.1) is 13.2 Å². The predicted octanol–water partition coefficient (Wildman–Crippen LogP) is 15.7. The number of unbranched alkanes of at least 4 members (excludes halogenated alkanes) is 30. The van der Waals surface area contributed by atoms with E-state index in [1.807, 2.05) is 0 Å². The largest absolute Gasteiger partial charge is 0.457 e. The molecule has 0 aromatic heterocycles. The van der Waals surface area contributed by atoms with E-state index in [9.17, 15) is 9.90 Å². The van der Waals surface area contributed by atoms with Crippen molar-refractivity contribution in [3.05, 3.63) is 36.5 Å². The Morgan fingerprint density at radius 1 is 0.453 bits per heavy atom. The lowest BCUT2D eigenvalue weighted by Crippen LogP contribution is -2.27. The normalized spacial score (nSPS) is 12.6. The molecule has 1 unspecified atom stereocenters. The maximum Gasteiger partial charge on any atom is 0.306 e. The lowest BCUT2D eigenvalue weighted by atomic mass is 10.1. The van der Waals surface area contributed by atoms with Gasteiger partial charge in [-0.1, -0.05) is 204 Å². The summed E-state index contributed by atoms with van der Waals surface area (Å²) in [5.41, 5.74) is 0. The van der Waals surface area contributed by atoms with Crippen molar-refractivity contribution in [3.8, 4) is 0 Å². The summed E-state index contributed by atoms with van der Waals surface area (Å²) in [7, 11) is 0. The summed E-state index contributed by atoms with van der Waals surface area (Å²) < 4.78 is 11.2. The molecule has 0 heterocycles. The quantitative estimate of drug-likeness (QED) is 0.0383. The number of aliphatic hydroxyl groups excluding tert-OH is 1. The van der Waals surface area contributed by atoms with Crippen LogP contribution in [0.25, 0.3) is 0 Å². The van der Waals surface area contributed by atoms with E-state index in [2.05, 4.69) is 50.3 Å². The SMILES string of the molecule is CCCCC/C=C\C/C=C\CCCCCCCCCCCC(=O)OC(CO)COCCCCCCCCCCCC/C=C\CCCCCCCCCC. The molecule has 0 aromatic carbocycles. The summed E-state index contributed by atoms with van der Waals surface area (Å²) in [6.45, 7) is 5.34. The van der Waals surface area contributed by atoms with Crippen LogP contribution in [0.4, 0.5) is 0 Å². The smallest absolute Gasteiger partial charge is 0.306 e. The van der Waals surface area contributed by atoms with Crippen LogP contribution in [-0.4, -0.2) is 37.0 Å². The fourth-order valence-electron chi connectivity index (χ4n) is 6.88. The Morgan fingerprint density at radius 2 is 0.792 bits per heavy atom. The van der Waals surface area contributed by atoms with Crippen LogP contribution in [0.3, 0.4) is 0 Å². The number of hydrogen-bond donors (Lipinski definition) is 1. The van der Waals surface area contributed by atoms with Crippen LogP contribution in [0, 0.1) is 0 Å². The van der Waals surface area contributed by atoms with Crippen LogP contribution in [0.5, 0.6) is 0 Å². The zero-order valence-electron chi connectivity index (χ0n) is 35.8. The summed E-state index contributed by atoms with van der Waals surface area (Å²) in [4.78, 5) is 12.2. The number of esters is 1. The molecule has 0 fully saturated rings. The van der Waals surface area contributed by atoms with Gasteiger partial charge >= 0.3 is 5.97 Å². The van der Waals surface area contributed by atoms with Gasteiger partial charge in [-0.05, 0) is 70.6 Å². The minimum absolute atomic E-state index is 0.172. The maximum atomic E-state index is 12.2. The second-order valence-corrected chi connectivity index (χ2v) is 15.8. The van der Waals surface area contributed by atoms with Crippen LogP contribution in [-0.2, 0) is 14.3 Å². The standard InChI is InChI=1S/C49H92O4/c1-3-5-7-9-11-13-15-17-19-21-23-24-25-27-29-31-33-35-37-39-41-43-45-52-47-48(46-50)53-49(51)44-42-40-38-36-34-32-30-28-26-22-20-18-16-14-12-10-8-6-4-2/h12,14,18,20-21,23,48,50H,3-11,13,15-17,19,22,24-47H2,1-2H3/b14-12-,20-18-,23-21-. The first-order chi connectivity index (χ1) is 26.2. The van der Waals surface area contributed by atoms with Gasteiger partial charge in [0.2, 0.25) is 0 Å². The predicted molar refractivity (Wildman–Crippen MR) is 233 cm³/mol. The molecular formula is C49H92O4. The lowest BCUT2D eigenvalue weighted by molar-refractivity contribution is -0.154. The number of aliphatic hydroxyl groups is 1. The van der Waals surface area contributed by atoms with Crippen molar-refractivity contribution in [3.63, 3.8) is 0 Å². The highest BCUT2D eigenvalue weighted by molar-refractivity contribution is 5.69. The molecule has 312 valence electrons. The minimum atomic E-state index is -0.536. The van der Waals surface area contributed by atoms with Crippen molar-refractivity contribution in [2.45, 2.75) is 251 Å². The van der Waals surface area contributed by atoms with E-state index in [0.717, 1.165) is 25.7 Å². The van der Waals surface area contributed by atoms with E-state index in [4.69, 9.17) is 9.47 Å². The number of ether oxygens (including phenoxy) is 2. The molecule has 4 heteroatoms. The molecule has 0 aliphatic carbocycles. The van der Waals surface area contributed by atoms with Gasteiger partial charge in [-0.3, -0.25) is 4.79 Å². The first-order valence-corrected chi connectivity index (χ1v) is 23.6. The Labute approximate surface area is 331 Å². The number of rotatable bonds is 44. The molecule has 1 N–H and O–H groups in total. The van der Waals surface area contributed by atoms with Crippen molar-refractivity contribution in [1.29, 1.82) is 0 Å². The van der Waals surface area contributed by atoms with Gasteiger partial charge in [0.1, 0.15) is 6.10 Å². The molecule has 0 aromatic rings. The second-order valence-electron chi connectivity index (χ2n) is 15.8. The molecule has 0 saturated heterocycles. The topological polar surface area (TPSA) is 55.8 Å². The van der Waals surface area contributed by atoms with Crippen LogP contribution in [0.15, 0.2) is 36.5 Å². The Hall–Kier alpha value is -1.39. The highest BCUT2D eigenvalue weighted by Gasteiger charge is 2.13. The van der Waals surface area contributed by atoms with Crippen LogP contribution < -0.4 is 0 Å². The van der Waals surface area contributed by atoms with E-state index in [1.54, 1.807) is 0 Å². The van der Waals surface area contributed by atoms with Crippen molar-refractivity contribution in [2.24, 2.45) is 0 Å². The Bertz CT molecular complexity index is 787. The molecule has 4 nitrogen and oxygen atoms in total. The van der Waals surface area contributed by atoms with Crippen molar-refractivity contribution >= 4 is 5.97 Å². The van der Waals surface area contributed by atoms with Crippen LogP contribution >= 0.6 is 0 Å².